The van der Waals surface area contributed by atoms with Crippen LogP contribution < -0.4 is 5.73 Å². The molecule has 0 spiro atoms. The predicted octanol–water partition coefficient (Wildman–Crippen LogP) is 3.18. The highest BCUT2D eigenvalue weighted by Gasteiger charge is 2.40. The number of carbonyl (C=O) groups excluding carboxylic acids is 1. The summed E-state index contributed by atoms with van der Waals surface area (Å²) in [5, 5.41) is 0. The molecular weight excluding hydrogens is 226 g/mol. The van der Waals surface area contributed by atoms with Crippen LogP contribution in [0, 0.1) is 5.82 Å². The highest BCUT2D eigenvalue weighted by atomic mass is 19.4. The summed E-state index contributed by atoms with van der Waals surface area (Å²) in [6, 6.07) is 2.25. The number of halogens is 4. The van der Waals surface area contributed by atoms with Gasteiger partial charge >= 0.3 is 6.18 Å². The number of nitrogen functional groups attached to an aromatic ring is 1. The van der Waals surface area contributed by atoms with Gasteiger partial charge in [0.15, 0.2) is 0 Å². The first-order valence-corrected chi connectivity index (χ1v) is 4.49. The lowest BCUT2D eigenvalue weighted by molar-refractivity contribution is -0.0884. The van der Waals surface area contributed by atoms with Gasteiger partial charge in [0.05, 0.1) is 5.56 Å². The van der Waals surface area contributed by atoms with Gasteiger partial charge < -0.3 is 5.73 Å². The van der Waals surface area contributed by atoms with Gasteiger partial charge in [0.2, 0.25) is 0 Å². The Morgan fingerprint density at radius 2 is 1.75 bits per heavy atom. The zero-order valence-corrected chi connectivity index (χ0v) is 8.73. The first kappa shape index (κ1) is 14.4. The summed E-state index contributed by atoms with van der Waals surface area (Å²) in [5.74, 6) is -3.08. The minimum absolute atomic E-state index is 0.395. The topological polar surface area (TPSA) is 43.1 Å². The molecule has 0 heterocycles. The molecule has 1 rings (SSSR count). The zero-order valence-electron chi connectivity index (χ0n) is 8.73. The molecule has 0 fully saturated rings. The lowest BCUT2D eigenvalue weighted by Gasteiger charge is -2.07. The van der Waals surface area contributed by atoms with Crippen LogP contribution in [-0.4, -0.2) is 12.0 Å². The summed E-state index contributed by atoms with van der Waals surface area (Å²) in [6.45, 7) is 4.00. The van der Waals surface area contributed by atoms with Gasteiger partial charge in [-0.3, -0.25) is 4.79 Å². The van der Waals surface area contributed by atoms with Crippen molar-refractivity contribution in [2.75, 3.05) is 5.73 Å². The lowest BCUT2D eigenvalue weighted by atomic mass is 10.1. The standard InChI is InChI=1S/C8H5F4NO.C2H6/c9-4-1-2-6(13)5(3-4)7(14)8(10,11)12;1-2/h1-3H,13H2;1-2H3. The molecule has 90 valence electrons. The highest BCUT2D eigenvalue weighted by molar-refractivity contribution is 6.04. The molecule has 1 aromatic rings. The number of Topliss-reactive ketones (excluding diaryl/α,β-unsaturated/α-hetero) is 1. The molecule has 0 aliphatic rings. The Bertz CT molecular complexity index is 374. The van der Waals surface area contributed by atoms with Crippen molar-refractivity contribution in [2.24, 2.45) is 0 Å². The van der Waals surface area contributed by atoms with E-state index in [-0.39, 0.29) is 0 Å². The molecular formula is C10H11F4NO. The van der Waals surface area contributed by atoms with Crippen molar-refractivity contribution in [1.82, 2.24) is 0 Å². The number of ketones is 1. The second-order valence-electron chi connectivity index (χ2n) is 2.56. The van der Waals surface area contributed by atoms with E-state index in [2.05, 4.69) is 0 Å². The summed E-state index contributed by atoms with van der Waals surface area (Å²) < 4.78 is 48.3. The molecule has 6 heteroatoms. The Hall–Kier alpha value is -1.59. The van der Waals surface area contributed by atoms with Crippen LogP contribution in [-0.2, 0) is 0 Å². The SMILES string of the molecule is CC.Nc1ccc(F)cc1C(=O)C(F)(F)F. The quantitative estimate of drug-likeness (QED) is 0.463. The number of nitrogens with two attached hydrogens (primary N) is 1. The molecule has 0 aliphatic carbocycles. The maximum Gasteiger partial charge on any atom is 0.454 e. The van der Waals surface area contributed by atoms with Crippen molar-refractivity contribution in [1.29, 1.82) is 0 Å². The van der Waals surface area contributed by atoms with E-state index < -0.39 is 29.0 Å². The predicted molar refractivity (Wildman–Crippen MR) is 52.5 cm³/mol. The minimum atomic E-state index is -5.04. The summed E-state index contributed by atoms with van der Waals surface area (Å²) in [6.07, 6.45) is -5.04. The number of rotatable bonds is 1. The van der Waals surface area contributed by atoms with Crippen LogP contribution in [0.5, 0.6) is 0 Å². The Labute approximate surface area is 90.1 Å². The second-order valence-corrected chi connectivity index (χ2v) is 2.56. The summed E-state index contributed by atoms with van der Waals surface area (Å²) in [7, 11) is 0. The molecule has 0 aromatic heterocycles. The fourth-order valence-corrected chi connectivity index (χ4v) is 0.878. The average Bonchev–Trinajstić information content (AvgIpc) is 2.22. The average molecular weight is 237 g/mol. The second kappa shape index (κ2) is 5.48. The molecule has 2 nitrogen and oxygen atoms in total. The van der Waals surface area contributed by atoms with Gasteiger partial charge in [0, 0.05) is 5.69 Å². The Kier molecular flexibility index (Phi) is 4.94. The van der Waals surface area contributed by atoms with Gasteiger partial charge in [-0.1, -0.05) is 13.8 Å². The van der Waals surface area contributed by atoms with E-state index in [0.717, 1.165) is 12.1 Å². The maximum absolute atomic E-state index is 12.5. The summed E-state index contributed by atoms with van der Waals surface area (Å²) >= 11 is 0. The van der Waals surface area contributed by atoms with Crippen LogP contribution in [0.3, 0.4) is 0 Å². The molecule has 0 saturated heterocycles. The van der Waals surface area contributed by atoms with Crippen molar-refractivity contribution >= 4 is 11.5 Å². The van der Waals surface area contributed by atoms with E-state index >= 15 is 0 Å². The first-order chi connectivity index (χ1) is 7.32. The number of benzene rings is 1. The Morgan fingerprint density at radius 3 is 2.19 bits per heavy atom. The van der Waals surface area contributed by atoms with E-state index in [4.69, 9.17) is 5.73 Å². The molecule has 0 radical (unpaired) electrons. The van der Waals surface area contributed by atoms with Crippen molar-refractivity contribution in [3.8, 4) is 0 Å². The van der Waals surface area contributed by atoms with Crippen molar-refractivity contribution in [3.63, 3.8) is 0 Å². The van der Waals surface area contributed by atoms with E-state index in [1.807, 2.05) is 13.8 Å². The molecule has 16 heavy (non-hydrogen) atoms. The van der Waals surface area contributed by atoms with Crippen LogP contribution in [0.1, 0.15) is 24.2 Å². The third-order valence-corrected chi connectivity index (χ3v) is 1.52. The van der Waals surface area contributed by atoms with Gasteiger partial charge in [0.1, 0.15) is 5.82 Å². The highest BCUT2D eigenvalue weighted by Crippen LogP contribution is 2.25. The smallest absolute Gasteiger partial charge is 0.398 e. The molecule has 0 saturated carbocycles. The summed E-state index contributed by atoms with van der Waals surface area (Å²) in [5.41, 5.74) is 3.84. The van der Waals surface area contributed by atoms with E-state index in [1.54, 1.807) is 0 Å². The normalized spacial score (nSPS) is 10.4. The van der Waals surface area contributed by atoms with Crippen LogP contribution in [0.15, 0.2) is 18.2 Å². The Morgan fingerprint density at radius 1 is 1.25 bits per heavy atom. The zero-order chi connectivity index (χ0) is 12.9. The van der Waals surface area contributed by atoms with Gasteiger partial charge in [-0.15, -0.1) is 0 Å². The van der Waals surface area contributed by atoms with Gasteiger partial charge in [-0.25, -0.2) is 4.39 Å². The molecule has 0 amide bonds. The lowest BCUT2D eigenvalue weighted by Crippen LogP contribution is -2.23. The largest absolute Gasteiger partial charge is 0.454 e. The molecule has 0 unspecified atom stereocenters. The number of hydrogen-bond donors (Lipinski definition) is 1. The third kappa shape index (κ3) is 3.52. The number of alkyl halides is 3. The third-order valence-electron chi connectivity index (χ3n) is 1.52. The van der Waals surface area contributed by atoms with Crippen LogP contribution in [0.25, 0.3) is 0 Å². The van der Waals surface area contributed by atoms with Gasteiger partial charge in [-0.2, -0.15) is 13.2 Å². The minimum Gasteiger partial charge on any atom is -0.398 e. The van der Waals surface area contributed by atoms with Crippen molar-refractivity contribution in [3.05, 3.63) is 29.6 Å². The Balaban J connectivity index is 0.00000106. The summed E-state index contributed by atoms with van der Waals surface area (Å²) in [4.78, 5) is 10.7. The number of hydrogen-bond acceptors (Lipinski definition) is 2. The molecule has 1 aromatic carbocycles. The van der Waals surface area contributed by atoms with E-state index in [0.29, 0.717) is 6.07 Å². The van der Waals surface area contributed by atoms with Crippen LogP contribution in [0.4, 0.5) is 23.2 Å². The molecule has 0 bridgehead atoms. The monoisotopic (exact) mass is 237 g/mol. The fourth-order valence-electron chi connectivity index (χ4n) is 0.878. The van der Waals surface area contributed by atoms with E-state index in [1.165, 1.54) is 0 Å². The number of carbonyl (C=O) groups is 1. The van der Waals surface area contributed by atoms with E-state index in [9.17, 15) is 22.4 Å². The van der Waals surface area contributed by atoms with Crippen LogP contribution >= 0.6 is 0 Å². The first-order valence-electron chi connectivity index (χ1n) is 4.49. The molecule has 0 aliphatic heterocycles. The van der Waals surface area contributed by atoms with Gasteiger partial charge in [0.25, 0.3) is 5.78 Å². The van der Waals surface area contributed by atoms with Gasteiger partial charge in [-0.05, 0) is 18.2 Å². The maximum atomic E-state index is 12.5. The van der Waals surface area contributed by atoms with Crippen LogP contribution in [0.2, 0.25) is 0 Å². The molecule has 0 atom stereocenters. The number of anilines is 1. The fraction of sp³-hybridized carbons (Fsp3) is 0.300. The van der Waals surface area contributed by atoms with Crippen molar-refractivity contribution in [2.45, 2.75) is 20.0 Å². The molecule has 2 N–H and O–H groups in total. The van der Waals surface area contributed by atoms with Crippen molar-refractivity contribution < 1.29 is 22.4 Å².